The third-order valence-electron chi connectivity index (χ3n) is 3.22. The first-order valence-corrected chi connectivity index (χ1v) is 9.96. The van der Waals surface area contributed by atoms with E-state index in [4.69, 9.17) is 9.47 Å². The Balaban J connectivity index is 3.73. The van der Waals surface area contributed by atoms with Gasteiger partial charge in [0.2, 0.25) is 0 Å². The summed E-state index contributed by atoms with van der Waals surface area (Å²) in [5.74, 6) is 1.25. The Morgan fingerprint density at radius 3 is 2.48 bits per heavy atom. The SMILES string of the molecule is COCC(CCCNC(=O)OC(C)(C)C)NCCCCCSC. The summed E-state index contributed by atoms with van der Waals surface area (Å²) in [5.41, 5.74) is -0.444. The van der Waals surface area contributed by atoms with Crippen molar-refractivity contribution >= 4 is 17.9 Å². The minimum absolute atomic E-state index is 0.345. The van der Waals surface area contributed by atoms with Crippen LogP contribution in [0.25, 0.3) is 0 Å². The number of thioether (sulfide) groups is 1. The van der Waals surface area contributed by atoms with E-state index in [-0.39, 0.29) is 6.09 Å². The van der Waals surface area contributed by atoms with Gasteiger partial charge in [0.25, 0.3) is 0 Å². The molecule has 5 nitrogen and oxygen atoms in total. The molecule has 0 radical (unpaired) electrons. The first-order chi connectivity index (χ1) is 10.9. The zero-order valence-electron chi connectivity index (χ0n) is 15.6. The fourth-order valence-electron chi connectivity index (χ4n) is 2.15. The number of nitrogens with one attached hydrogen (secondary N) is 2. The van der Waals surface area contributed by atoms with Crippen molar-refractivity contribution in [2.24, 2.45) is 0 Å². The summed E-state index contributed by atoms with van der Waals surface area (Å²) in [5, 5.41) is 6.34. The van der Waals surface area contributed by atoms with Gasteiger partial charge in [-0.2, -0.15) is 11.8 Å². The Labute approximate surface area is 146 Å². The molecule has 0 saturated heterocycles. The Morgan fingerprint density at radius 2 is 1.87 bits per heavy atom. The number of carbonyl (C=O) groups excluding carboxylic acids is 1. The second-order valence-electron chi connectivity index (χ2n) is 6.73. The molecule has 138 valence electrons. The van der Waals surface area contributed by atoms with Gasteiger partial charge in [-0.1, -0.05) is 6.42 Å². The molecule has 0 aliphatic rings. The number of amides is 1. The van der Waals surface area contributed by atoms with Crippen LogP contribution >= 0.6 is 11.8 Å². The van der Waals surface area contributed by atoms with E-state index in [1.165, 1.54) is 25.0 Å². The molecular weight excluding hydrogens is 312 g/mol. The summed E-state index contributed by atoms with van der Waals surface area (Å²) in [6, 6.07) is 0.348. The number of rotatable bonds is 13. The molecule has 0 aliphatic carbocycles. The zero-order valence-corrected chi connectivity index (χ0v) is 16.4. The van der Waals surface area contributed by atoms with E-state index in [1.807, 2.05) is 32.5 Å². The first kappa shape index (κ1) is 22.5. The van der Waals surface area contributed by atoms with Gasteiger partial charge >= 0.3 is 6.09 Å². The van der Waals surface area contributed by atoms with Crippen molar-refractivity contribution in [1.82, 2.24) is 10.6 Å². The van der Waals surface area contributed by atoms with Crippen LogP contribution in [0.1, 0.15) is 52.9 Å². The molecule has 0 aromatic carbocycles. The van der Waals surface area contributed by atoms with E-state index in [1.54, 1.807) is 7.11 Å². The number of unbranched alkanes of at least 4 members (excludes halogenated alkanes) is 2. The number of hydrogen-bond acceptors (Lipinski definition) is 5. The van der Waals surface area contributed by atoms with Gasteiger partial charge in [0.05, 0.1) is 6.61 Å². The lowest BCUT2D eigenvalue weighted by Gasteiger charge is -2.20. The number of alkyl carbamates (subject to hydrolysis) is 1. The maximum atomic E-state index is 11.6. The van der Waals surface area contributed by atoms with Gasteiger partial charge in [-0.05, 0) is 65.0 Å². The minimum atomic E-state index is -0.444. The molecule has 2 N–H and O–H groups in total. The van der Waals surface area contributed by atoms with E-state index in [0.29, 0.717) is 19.2 Å². The quantitative estimate of drug-likeness (QED) is 0.499. The molecule has 23 heavy (non-hydrogen) atoms. The van der Waals surface area contributed by atoms with E-state index in [0.717, 1.165) is 19.4 Å². The number of hydrogen-bond donors (Lipinski definition) is 2. The predicted molar refractivity (Wildman–Crippen MR) is 99.4 cm³/mol. The third-order valence-corrected chi connectivity index (χ3v) is 3.92. The molecule has 6 heteroatoms. The molecule has 0 bridgehead atoms. The Bertz CT molecular complexity index is 296. The maximum absolute atomic E-state index is 11.6. The van der Waals surface area contributed by atoms with Crippen LogP contribution in [-0.2, 0) is 9.47 Å². The van der Waals surface area contributed by atoms with Crippen molar-refractivity contribution in [3.63, 3.8) is 0 Å². The van der Waals surface area contributed by atoms with E-state index < -0.39 is 5.60 Å². The molecule has 0 aromatic heterocycles. The van der Waals surface area contributed by atoms with Crippen LogP contribution in [-0.4, -0.2) is 56.6 Å². The van der Waals surface area contributed by atoms with Gasteiger partial charge in [0.15, 0.2) is 0 Å². The van der Waals surface area contributed by atoms with Crippen molar-refractivity contribution < 1.29 is 14.3 Å². The summed E-state index contributed by atoms with van der Waals surface area (Å²) in [7, 11) is 1.73. The highest BCUT2D eigenvalue weighted by atomic mass is 32.2. The molecule has 0 heterocycles. The summed E-state index contributed by atoms with van der Waals surface area (Å²) in [6.45, 7) is 7.96. The zero-order chi connectivity index (χ0) is 17.6. The van der Waals surface area contributed by atoms with Crippen molar-refractivity contribution in [2.75, 3.05) is 38.8 Å². The summed E-state index contributed by atoms with van der Waals surface area (Å²) >= 11 is 1.91. The molecule has 0 saturated carbocycles. The third kappa shape index (κ3) is 16.2. The number of carbonyl (C=O) groups is 1. The molecule has 1 unspecified atom stereocenters. The number of ether oxygens (including phenoxy) is 2. The highest BCUT2D eigenvalue weighted by Crippen LogP contribution is 2.06. The van der Waals surface area contributed by atoms with Crippen LogP contribution in [0, 0.1) is 0 Å². The highest BCUT2D eigenvalue weighted by Gasteiger charge is 2.15. The van der Waals surface area contributed by atoms with Gasteiger partial charge in [-0.15, -0.1) is 0 Å². The maximum Gasteiger partial charge on any atom is 0.407 e. The van der Waals surface area contributed by atoms with Crippen molar-refractivity contribution in [3.05, 3.63) is 0 Å². The van der Waals surface area contributed by atoms with Crippen LogP contribution in [0.5, 0.6) is 0 Å². The van der Waals surface area contributed by atoms with Crippen LogP contribution in [0.15, 0.2) is 0 Å². The molecule has 0 spiro atoms. The van der Waals surface area contributed by atoms with Crippen LogP contribution in [0.4, 0.5) is 4.79 Å². The average molecular weight is 349 g/mol. The first-order valence-electron chi connectivity index (χ1n) is 8.57. The summed E-state index contributed by atoms with van der Waals surface area (Å²) < 4.78 is 10.5. The van der Waals surface area contributed by atoms with Gasteiger partial charge in [-0.3, -0.25) is 0 Å². The fraction of sp³-hybridized carbons (Fsp3) is 0.941. The topological polar surface area (TPSA) is 59.6 Å². The second kappa shape index (κ2) is 13.9. The fourth-order valence-corrected chi connectivity index (χ4v) is 2.65. The smallest absolute Gasteiger partial charge is 0.407 e. The van der Waals surface area contributed by atoms with Crippen LogP contribution in [0.2, 0.25) is 0 Å². The minimum Gasteiger partial charge on any atom is -0.444 e. The molecule has 0 rings (SSSR count). The van der Waals surface area contributed by atoms with Gasteiger partial charge in [0, 0.05) is 19.7 Å². The van der Waals surface area contributed by atoms with Crippen LogP contribution in [0.3, 0.4) is 0 Å². The molecule has 0 aliphatic heterocycles. The van der Waals surface area contributed by atoms with Gasteiger partial charge in [-0.25, -0.2) is 4.79 Å². The molecule has 1 atom stereocenters. The average Bonchev–Trinajstić information content (AvgIpc) is 2.45. The lowest BCUT2D eigenvalue weighted by atomic mass is 10.1. The van der Waals surface area contributed by atoms with E-state index in [2.05, 4.69) is 16.9 Å². The van der Waals surface area contributed by atoms with Gasteiger partial charge in [0.1, 0.15) is 5.60 Å². The van der Waals surface area contributed by atoms with Crippen molar-refractivity contribution in [2.45, 2.75) is 64.5 Å². The lowest BCUT2D eigenvalue weighted by molar-refractivity contribution is 0.0526. The van der Waals surface area contributed by atoms with Crippen molar-refractivity contribution in [3.8, 4) is 0 Å². The van der Waals surface area contributed by atoms with E-state index >= 15 is 0 Å². The largest absolute Gasteiger partial charge is 0.444 e. The Hall–Kier alpha value is -0.460. The number of methoxy groups -OCH3 is 1. The Kier molecular flexibility index (Phi) is 13.7. The molecular formula is C17H36N2O3S. The Morgan fingerprint density at radius 1 is 1.13 bits per heavy atom. The van der Waals surface area contributed by atoms with E-state index in [9.17, 15) is 4.79 Å². The van der Waals surface area contributed by atoms with Crippen LogP contribution < -0.4 is 10.6 Å². The monoisotopic (exact) mass is 348 g/mol. The normalized spacial score (nSPS) is 12.9. The summed E-state index contributed by atoms with van der Waals surface area (Å²) in [4.78, 5) is 11.6. The predicted octanol–water partition coefficient (Wildman–Crippen LogP) is 3.43. The standard InChI is InChI=1S/C17H36N2O3S/c1-17(2,3)22-16(20)19-12-9-10-15(14-21-4)18-11-7-6-8-13-23-5/h15,18H,6-14H2,1-5H3,(H,19,20). The highest BCUT2D eigenvalue weighted by molar-refractivity contribution is 7.98. The second-order valence-corrected chi connectivity index (χ2v) is 7.72. The molecule has 0 aromatic rings. The van der Waals surface area contributed by atoms with Crippen molar-refractivity contribution in [1.29, 1.82) is 0 Å². The molecule has 1 amide bonds. The lowest BCUT2D eigenvalue weighted by Crippen LogP contribution is -2.36. The summed E-state index contributed by atoms with van der Waals surface area (Å²) in [6.07, 6.45) is 7.46. The van der Waals surface area contributed by atoms with Gasteiger partial charge < -0.3 is 20.1 Å². The molecule has 0 fully saturated rings.